The number of hydrogen-bond donors (Lipinski definition) is 1. The highest BCUT2D eigenvalue weighted by Crippen LogP contribution is 2.30. The van der Waals surface area contributed by atoms with E-state index in [2.05, 4.69) is 15.0 Å². The molecule has 0 radical (unpaired) electrons. The van der Waals surface area contributed by atoms with E-state index in [1.165, 1.54) is 28.6 Å². The number of amides is 1. The van der Waals surface area contributed by atoms with Crippen molar-refractivity contribution in [2.24, 2.45) is 0 Å². The highest BCUT2D eigenvalue weighted by atomic mass is 32.2. The molecular weight excluding hydrogens is 451 g/mol. The van der Waals surface area contributed by atoms with Crippen LogP contribution in [0.15, 0.2) is 41.4 Å². The number of hydrogen-bond acceptors (Lipinski definition) is 6. The molecule has 1 aromatic carbocycles. The highest BCUT2D eigenvalue weighted by molar-refractivity contribution is 7.89. The molecule has 12 heteroatoms. The molecule has 1 heterocycles. The van der Waals surface area contributed by atoms with Crippen molar-refractivity contribution in [3.63, 3.8) is 0 Å². The second-order valence-electron chi connectivity index (χ2n) is 6.42. The Morgan fingerprint density at radius 2 is 1.78 bits per heavy atom. The summed E-state index contributed by atoms with van der Waals surface area (Å²) < 4.78 is 73.6. The SMILES string of the molecule is CCOc1ccc(S(=O)(=O)N(CC)CC)cc1NC(=O)c1ccc(OCC(F)(F)F)nc1. The summed E-state index contributed by atoms with van der Waals surface area (Å²) in [6, 6.07) is 6.51. The van der Waals surface area contributed by atoms with Crippen LogP contribution >= 0.6 is 0 Å². The molecule has 0 saturated heterocycles. The maximum Gasteiger partial charge on any atom is 0.422 e. The number of anilines is 1. The molecule has 2 rings (SSSR count). The van der Waals surface area contributed by atoms with E-state index in [-0.39, 0.29) is 47.5 Å². The van der Waals surface area contributed by atoms with Crippen molar-refractivity contribution in [3.05, 3.63) is 42.1 Å². The van der Waals surface area contributed by atoms with Gasteiger partial charge in [-0.15, -0.1) is 0 Å². The van der Waals surface area contributed by atoms with Crippen molar-refractivity contribution >= 4 is 21.6 Å². The molecule has 0 aliphatic carbocycles. The van der Waals surface area contributed by atoms with Crippen LogP contribution in [-0.4, -0.2) is 56.1 Å². The number of carbonyl (C=O) groups excluding carboxylic acids is 1. The molecule has 0 fully saturated rings. The maximum absolute atomic E-state index is 12.8. The van der Waals surface area contributed by atoms with Gasteiger partial charge in [-0.2, -0.15) is 17.5 Å². The lowest BCUT2D eigenvalue weighted by Crippen LogP contribution is -2.30. The zero-order chi connectivity index (χ0) is 23.9. The Bertz CT molecular complexity index is 1020. The molecule has 0 atom stereocenters. The fraction of sp³-hybridized carbons (Fsp3) is 0.400. The Hall–Kier alpha value is -2.86. The van der Waals surface area contributed by atoms with Crippen molar-refractivity contribution in [1.82, 2.24) is 9.29 Å². The first-order chi connectivity index (χ1) is 15.0. The summed E-state index contributed by atoms with van der Waals surface area (Å²) >= 11 is 0. The summed E-state index contributed by atoms with van der Waals surface area (Å²) in [6.45, 7) is 4.50. The van der Waals surface area contributed by atoms with E-state index in [9.17, 15) is 26.4 Å². The van der Waals surface area contributed by atoms with E-state index in [1.807, 2.05) is 0 Å². The summed E-state index contributed by atoms with van der Waals surface area (Å²) in [5.74, 6) is -0.683. The van der Waals surface area contributed by atoms with Gasteiger partial charge in [0.2, 0.25) is 15.9 Å². The number of benzene rings is 1. The quantitative estimate of drug-likeness (QED) is 0.563. The van der Waals surface area contributed by atoms with Crippen molar-refractivity contribution in [2.75, 3.05) is 31.6 Å². The number of rotatable bonds is 10. The van der Waals surface area contributed by atoms with Crippen LogP contribution in [0, 0.1) is 0 Å². The Kier molecular flexibility index (Phi) is 8.44. The number of nitrogens with zero attached hydrogens (tertiary/aromatic N) is 2. The summed E-state index contributed by atoms with van der Waals surface area (Å²) in [4.78, 5) is 16.3. The first-order valence-electron chi connectivity index (χ1n) is 9.75. The average molecular weight is 475 g/mol. The van der Waals surface area contributed by atoms with E-state index in [4.69, 9.17) is 4.74 Å². The number of carbonyl (C=O) groups is 1. The number of pyridine rings is 1. The summed E-state index contributed by atoms with van der Waals surface area (Å²) in [5.41, 5.74) is 0.159. The second-order valence-corrected chi connectivity index (χ2v) is 8.36. The third-order valence-electron chi connectivity index (χ3n) is 4.22. The van der Waals surface area contributed by atoms with Gasteiger partial charge in [0.25, 0.3) is 5.91 Å². The van der Waals surface area contributed by atoms with Crippen LogP contribution < -0.4 is 14.8 Å². The first kappa shape index (κ1) is 25.4. The van der Waals surface area contributed by atoms with Gasteiger partial charge in [0.1, 0.15) is 5.75 Å². The Labute approximate surface area is 184 Å². The topological polar surface area (TPSA) is 97.8 Å². The molecular formula is C20H24F3N3O5S. The van der Waals surface area contributed by atoms with E-state index in [1.54, 1.807) is 20.8 Å². The van der Waals surface area contributed by atoms with Gasteiger partial charge in [-0.05, 0) is 31.2 Å². The molecule has 8 nitrogen and oxygen atoms in total. The van der Waals surface area contributed by atoms with Gasteiger partial charge in [-0.25, -0.2) is 13.4 Å². The molecule has 1 aromatic heterocycles. The molecule has 32 heavy (non-hydrogen) atoms. The molecule has 1 amide bonds. The largest absolute Gasteiger partial charge is 0.492 e. The number of nitrogens with one attached hydrogen (secondary N) is 1. The monoisotopic (exact) mass is 475 g/mol. The van der Waals surface area contributed by atoms with E-state index >= 15 is 0 Å². The van der Waals surface area contributed by atoms with Gasteiger partial charge in [0, 0.05) is 25.4 Å². The summed E-state index contributed by atoms with van der Waals surface area (Å²) in [5, 5.41) is 2.57. The molecule has 2 aromatic rings. The fourth-order valence-electron chi connectivity index (χ4n) is 2.71. The number of sulfonamides is 1. The van der Waals surface area contributed by atoms with E-state index in [0.717, 1.165) is 12.3 Å². The fourth-order valence-corrected chi connectivity index (χ4v) is 4.20. The molecule has 1 N–H and O–H groups in total. The zero-order valence-corrected chi connectivity index (χ0v) is 18.6. The Balaban J connectivity index is 2.27. The second kappa shape index (κ2) is 10.6. The van der Waals surface area contributed by atoms with Crippen molar-refractivity contribution in [1.29, 1.82) is 0 Å². The van der Waals surface area contributed by atoms with Gasteiger partial charge >= 0.3 is 6.18 Å². The van der Waals surface area contributed by atoms with Crippen LogP contribution in [0.5, 0.6) is 11.6 Å². The lowest BCUT2D eigenvalue weighted by molar-refractivity contribution is -0.154. The van der Waals surface area contributed by atoms with Crippen LogP contribution in [0.1, 0.15) is 31.1 Å². The lowest BCUT2D eigenvalue weighted by Gasteiger charge is -2.20. The van der Waals surface area contributed by atoms with Gasteiger partial charge < -0.3 is 14.8 Å². The van der Waals surface area contributed by atoms with Crippen molar-refractivity contribution in [2.45, 2.75) is 31.8 Å². The number of alkyl halides is 3. The molecule has 0 bridgehead atoms. The molecule has 0 aliphatic rings. The van der Waals surface area contributed by atoms with E-state index in [0.29, 0.717) is 0 Å². The lowest BCUT2D eigenvalue weighted by atomic mass is 10.2. The molecule has 0 saturated carbocycles. The number of aromatic nitrogens is 1. The summed E-state index contributed by atoms with van der Waals surface area (Å²) in [6.07, 6.45) is -3.46. The third-order valence-corrected chi connectivity index (χ3v) is 6.27. The van der Waals surface area contributed by atoms with Gasteiger partial charge in [0.05, 0.1) is 22.8 Å². The standard InChI is InChI=1S/C20H24F3N3O5S/c1-4-26(5-2)32(28,29)15-8-9-17(30-6-3)16(11-15)25-19(27)14-7-10-18(24-12-14)31-13-20(21,22)23/h7-12H,4-6,13H2,1-3H3,(H,25,27). The average Bonchev–Trinajstić information content (AvgIpc) is 2.74. The normalized spacial score (nSPS) is 12.0. The molecule has 0 unspecified atom stereocenters. The zero-order valence-electron chi connectivity index (χ0n) is 17.8. The smallest absolute Gasteiger partial charge is 0.422 e. The molecule has 176 valence electrons. The van der Waals surface area contributed by atoms with Crippen LogP contribution in [0.25, 0.3) is 0 Å². The van der Waals surface area contributed by atoms with Gasteiger partial charge in [-0.1, -0.05) is 13.8 Å². The number of halogens is 3. The third kappa shape index (κ3) is 6.57. The van der Waals surface area contributed by atoms with Crippen LogP contribution in [0.3, 0.4) is 0 Å². The summed E-state index contributed by atoms with van der Waals surface area (Å²) in [7, 11) is -3.77. The van der Waals surface area contributed by atoms with Crippen LogP contribution in [0.2, 0.25) is 0 Å². The Morgan fingerprint density at radius 3 is 2.31 bits per heavy atom. The maximum atomic E-state index is 12.8. The minimum Gasteiger partial charge on any atom is -0.492 e. The van der Waals surface area contributed by atoms with Gasteiger partial charge in [0.15, 0.2) is 6.61 Å². The van der Waals surface area contributed by atoms with Crippen LogP contribution in [0.4, 0.5) is 18.9 Å². The highest BCUT2D eigenvalue weighted by Gasteiger charge is 2.28. The van der Waals surface area contributed by atoms with Gasteiger partial charge in [-0.3, -0.25) is 4.79 Å². The first-order valence-corrected chi connectivity index (χ1v) is 11.2. The predicted molar refractivity (Wildman–Crippen MR) is 111 cm³/mol. The minimum absolute atomic E-state index is 0.0195. The molecule has 0 aliphatic heterocycles. The molecule has 0 spiro atoms. The number of ether oxygens (including phenoxy) is 2. The van der Waals surface area contributed by atoms with E-state index < -0.39 is 28.7 Å². The Morgan fingerprint density at radius 1 is 1.09 bits per heavy atom. The van der Waals surface area contributed by atoms with Crippen molar-refractivity contribution in [3.8, 4) is 11.6 Å². The van der Waals surface area contributed by atoms with Crippen LogP contribution in [-0.2, 0) is 10.0 Å². The van der Waals surface area contributed by atoms with Crippen molar-refractivity contribution < 1.29 is 35.9 Å². The minimum atomic E-state index is -4.51. The predicted octanol–water partition coefficient (Wildman–Crippen LogP) is 3.70.